The van der Waals surface area contributed by atoms with Crippen LogP contribution in [0.3, 0.4) is 0 Å². The average molecular weight is 395 g/mol. The highest BCUT2D eigenvalue weighted by atomic mass is 32.2. The van der Waals surface area contributed by atoms with E-state index in [0.29, 0.717) is 18.0 Å². The fraction of sp³-hybridized carbons (Fsp3) is 0.304. The normalized spacial score (nSPS) is 16.5. The standard InChI is InChI=1S/C23H26N2O2S/c1-18-10-11-23(19(2)16-18)28(26,27)25-14-12-24(13-15-25)17-21-8-5-7-20-6-3-4-9-22(20)21/h3-11,16H,12-15,17H2,1-2H3. The van der Waals surface area contributed by atoms with E-state index in [2.05, 4.69) is 47.4 Å². The van der Waals surface area contributed by atoms with Crippen molar-refractivity contribution in [2.75, 3.05) is 26.2 Å². The Kier molecular flexibility index (Phi) is 5.23. The molecule has 4 rings (SSSR count). The van der Waals surface area contributed by atoms with Crippen LogP contribution in [0.2, 0.25) is 0 Å². The third-order valence-electron chi connectivity index (χ3n) is 5.55. The Balaban J connectivity index is 1.47. The largest absolute Gasteiger partial charge is 0.296 e. The zero-order chi connectivity index (χ0) is 19.7. The van der Waals surface area contributed by atoms with Crippen molar-refractivity contribution in [2.24, 2.45) is 0 Å². The molecule has 1 saturated heterocycles. The van der Waals surface area contributed by atoms with Crippen molar-refractivity contribution in [2.45, 2.75) is 25.3 Å². The molecule has 3 aromatic rings. The first-order valence-electron chi connectivity index (χ1n) is 9.71. The van der Waals surface area contributed by atoms with Crippen LogP contribution in [0.1, 0.15) is 16.7 Å². The number of hydrogen-bond donors (Lipinski definition) is 0. The zero-order valence-electron chi connectivity index (χ0n) is 16.4. The second-order valence-corrected chi connectivity index (χ2v) is 9.49. The van der Waals surface area contributed by atoms with Crippen molar-refractivity contribution < 1.29 is 8.42 Å². The molecule has 0 saturated carbocycles. The van der Waals surface area contributed by atoms with E-state index in [4.69, 9.17) is 0 Å². The van der Waals surface area contributed by atoms with Gasteiger partial charge in [-0.3, -0.25) is 4.90 Å². The van der Waals surface area contributed by atoms with Crippen molar-refractivity contribution in [1.29, 1.82) is 0 Å². The molecule has 0 aromatic heterocycles. The fourth-order valence-corrected chi connectivity index (χ4v) is 5.66. The van der Waals surface area contributed by atoms with Crippen LogP contribution in [0.25, 0.3) is 10.8 Å². The van der Waals surface area contributed by atoms with E-state index in [1.54, 1.807) is 10.4 Å². The summed E-state index contributed by atoms with van der Waals surface area (Å²) < 4.78 is 27.8. The van der Waals surface area contributed by atoms with Crippen LogP contribution >= 0.6 is 0 Å². The lowest BCUT2D eigenvalue weighted by Crippen LogP contribution is -2.48. The second-order valence-electron chi connectivity index (χ2n) is 7.59. The first-order chi connectivity index (χ1) is 13.4. The van der Waals surface area contributed by atoms with E-state index in [9.17, 15) is 8.42 Å². The Morgan fingerprint density at radius 1 is 0.857 bits per heavy atom. The molecule has 4 nitrogen and oxygen atoms in total. The molecule has 1 aliphatic heterocycles. The highest BCUT2D eigenvalue weighted by Gasteiger charge is 2.29. The number of aryl methyl sites for hydroxylation is 2. The molecule has 0 radical (unpaired) electrons. The van der Waals surface area contributed by atoms with E-state index in [1.807, 2.05) is 26.0 Å². The van der Waals surface area contributed by atoms with Gasteiger partial charge in [0.25, 0.3) is 0 Å². The predicted octanol–water partition coefficient (Wildman–Crippen LogP) is 3.96. The number of sulfonamides is 1. The molecule has 0 bridgehead atoms. The first kappa shape index (κ1) is 19.1. The van der Waals surface area contributed by atoms with E-state index < -0.39 is 10.0 Å². The lowest BCUT2D eigenvalue weighted by Gasteiger charge is -2.34. The number of benzene rings is 3. The van der Waals surface area contributed by atoms with Gasteiger partial charge in [-0.2, -0.15) is 4.31 Å². The van der Waals surface area contributed by atoms with Crippen LogP contribution in [-0.2, 0) is 16.6 Å². The van der Waals surface area contributed by atoms with Crippen molar-refractivity contribution in [1.82, 2.24) is 9.21 Å². The molecule has 0 unspecified atom stereocenters. The predicted molar refractivity (Wildman–Crippen MR) is 114 cm³/mol. The molecule has 146 valence electrons. The summed E-state index contributed by atoms with van der Waals surface area (Å²) in [6, 6.07) is 20.4. The molecular formula is C23H26N2O2S. The topological polar surface area (TPSA) is 40.6 Å². The molecule has 28 heavy (non-hydrogen) atoms. The molecule has 0 N–H and O–H groups in total. The quantitative estimate of drug-likeness (QED) is 0.672. The lowest BCUT2D eigenvalue weighted by molar-refractivity contribution is 0.182. The molecule has 3 aromatic carbocycles. The van der Waals surface area contributed by atoms with Crippen molar-refractivity contribution >= 4 is 20.8 Å². The lowest BCUT2D eigenvalue weighted by atomic mass is 10.0. The summed E-state index contributed by atoms with van der Waals surface area (Å²) in [5.74, 6) is 0. The van der Waals surface area contributed by atoms with Crippen LogP contribution in [0, 0.1) is 13.8 Å². The van der Waals surface area contributed by atoms with Crippen LogP contribution in [-0.4, -0.2) is 43.8 Å². The van der Waals surface area contributed by atoms with Crippen LogP contribution in [0.5, 0.6) is 0 Å². The number of nitrogens with zero attached hydrogens (tertiary/aromatic N) is 2. The van der Waals surface area contributed by atoms with Gasteiger partial charge in [-0.25, -0.2) is 8.42 Å². The summed E-state index contributed by atoms with van der Waals surface area (Å²) in [6.45, 7) is 7.24. The summed E-state index contributed by atoms with van der Waals surface area (Å²) in [6.07, 6.45) is 0. The number of hydrogen-bond acceptors (Lipinski definition) is 3. The van der Waals surface area contributed by atoms with Crippen molar-refractivity contribution in [3.63, 3.8) is 0 Å². The minimum atomic E-state index is -3.43. The Hall–Kier alpha value is -2.21. The summed E-state index contributed by atoms with van der Waals surface area (Å²) in [7, 11) is -3.43. The molecule has 1 aliphatic rings. The van der Waals surface area contributed by atoms with Crippen LogP contribution < -0.4 is 0 Å². The van der Waals surface area contributed by atoms with Gasteiger partial charge >= 0.3 is 0 Å². The molecule has 0 amide bonds. The highest BCUT2D eigenvalue weighted by Crippen LogP contribution is 2.24. The van der Waals surface area contributed by atoms with Gasteiger partial charge in [-0.15, -0.1) is 0 Å². The SMILES string of the molecule is Cc1ccc(S(=O)(=O)N2CCN(Cc3cccc4ccccc34)CC2)c(C)c1. The van der Waals surface area contributed by atoms with Gasteiger partial charge in [0.05, 0.1) is 4.90 Å². The third-order valence-corrected chi connectivity index (χ3v) is 7.61. The molecule has 0 atom stereocenters. The smallest absolute Gasteiger partial charge is 0.243 e. The van der Waals surface area contributed by atoms with E-state index in [0.717, 1.165) is 30.8 Å². The maximum atomic E-state index is 13.1. The molecule has 1 fully saturated rings. The summed E-state index contributed by atoms with van der Waals surface area (Å²) in [5.41, 5.74) is 3.19. The van der Waals surface area contributed by atoms with Gasteiger partial charge in [-0.05, 0) is 41.8 Å². The molecule has 5 heteroatoms. The van der Waals surface area contributed by atoms with E-state index >= 15 is 0 Å². The highest BCUT2D eigenvalue weighted by molar-refractivity contribution is 7.89. The fourth-order valence-electron chi connectivity index (χ4n) is 4.03. The Morgan fingerprint density at radius 2 is 1.57 bits per heavy atom. The van der Waals surface area contributed by atoms with Gasteiger partial charge in [0, 0.05) is 32.7 Å². The van der Waals surface area contributed by atoms with Crippen LogP contribution in [0.15, 0.2) is 65.6 Å². The number of piperazine rings is 1. The number of rotatable bonds is 4. The van der Waals surface area contributed by atoms with E-state index in [-0.39, 0.29) is 0 Å². The van der Waals surface area contributed by atoms with Gasteiger partial charge < -0.3 is 0 Å². The van der Waals surface area contributed by atoms with Gasteiger partial charge in [0.15, 0.2) is 0 Å². The molecule has 0 spiro atoms. The maximum absolute atomic E-state index is 13.1. The van der Waals surface area contributed by atoms with Crippen LogP contribution in [0.4, 0.5) is 0 Å². The summed E-state index contributed by atoms with van der Waals surface area (Å²) >= 11 is 0. The average Bonchev–Trinajstić information content (AvgIpc) is 2.68. The minimum absolute atomic E-state index is 0.431. The monoisotopic (exact) mass is 394 g/mol. The van der Waals surface area contributed by atoms with E-state index in [1.165, 1.54) is 16.3 Å². The minimum Gasteiger partial charge on any atom is -0.296 e. The zero-order valence-corrected chi connectivity index (χ0v) is 17.2. The molecule has 1 heterocycles. The van der Waals surface area contributed by atoms with Gasteiger partial charge in [-0.1, -0.05) is 60.2 Å². The van der Waals surface area contributed by atoms with Crippen molar-refractivity contribution in [3.8, 4) is 0 Å². The molecular weight excluding hydrogens is 368 g/mol. The summed E-state index contributed by atoms with van der Waals surface area (Å²) in [5, 5.41) is 2.52. The maximum Gasteiger partial charge on any atom is 0.243 e. The van der Waals surface area contributed by atoms with Crippen molar-refractivity contribution in [3.05, 3.63) is 77.4 Å². The Morgan fingerprint density at radius 3 is 2.32 bits per heavy atom. The summed E-state index contributed by atoms with van der Waals surface area (Å²) in [4.78, 5) is 2.77. The Bertz CT molecular complexity index is 1100. The number of fused-ring (bicyclic) bond motifs is 1. The molecule has 0 aliphatic carbocycles. The first-order valence-corrected chi connectivity index (χ1v) is 11.2. The van der Waals surface area contributed by atoms with Gasteiger partial charge in [0.2, 0.25) is 10.0 Å². The second kappa shape index (κ2) is 7.66. The Labute approximate surface area is 167 Å². The third kappa shape index (κ3) is 3.70. The van der Waals surface area contributed by atoms with Gasteiger partial charge in [0.1, 0.15) is 0 Å².